The zero-order valence-corrected chi connectivity index (χ0v) is 19.5. The Kier molecular flexibility index (Phi) is 8.81. The number of unbranched alkanes of at least 4 members (excludes halogenated alkanes) is 1. The topological polar surface area (TPSA) is 78.6 Å². The number of nitrogens with two attached hydrogens (primary N) is 1. The van der Waals surface area contributed by atoms with Crippen molar-refractivity contribution in [1.82, 2.24) is 4.90 Å². The van der Waals surface area contributed by atoms with Crippen molar-refractivity contribution in [3.05, 3.63) is 53.1 Å². The molecular formula is C25H35N3O2S. The van der Waals surface area contributed by atoms with Crippen LogP contribution < -0.4 is 11.1 Å². The average molecular weight is 442 g/mol. The number of nitrogens with one attached hydrogen (secondary N) is 1. The zero-order valence-electron chi connectivity index (χ0n) is 18.7. The van der Waals surface area contributed by atoms with Gasteiger partial charge in [0, 0.05) is 54.5 Å². The van der Waals surface area contributed by atoms with Gasteiger partial charge in [-0.1, -0.05) is 43.3 Å². The van der Waals surface area contributed by atoms with E-state index >= 15 is 0 Å². The lowest BCUT2D eigenvalue weighted by molar-refractivity contribution is -0.134. The Bertz CT molecular complexity index is 875. The number of fused-ring (bicyclic) bond motifs is 2. The summed E-state index contributed by atoms with van der Waals surface area (Å²) in [6.45, 7) is 7.65. The average Bonchev–Trinajstić information content (AvgIpc) is 2.77. The molecule has 2 aromatic carbocycles. The van der Waals surface area contributed by atoms with Crippen LogP contribution >= 0.6 is 11.8 Å². The van der Waals surface area contributed by atoms with Crippen LogP contribution in [0.2, 0.25) is 0 Å². The second kappa shape index (κ2) is 11.6. The quantitative estimate of drug-likeness (QED) is 0.501. The summed E-state index contributed by atoms with van der Waals surface area (Å²) in [7, 11) is 0. The molecule has 2 aliphatic heterocycles. The highest BCUT2D eigenvalue weighted by Gasteiger charge is 2.23. The molecule has 0 saturated carbocycles. The fourth-order valence-corrected chi connectivity index (χ4v) is 5.35. The van der Waals surface area contributed by atoms with Crippen LogP contribution in [-0.2, 0) is 17.8 Å². The van der Waals surface area contributed by atoms with Gasteiger partial charge in [-0.2, -0.15) is 0 Å². The second-order valence-electron chi connectivity index (χ2n) is 8.34. The van der Waals surface area contributed by atoms with Crippen molar-refractivity contribution in [3.8, 4) is 0 Å². The number of likely N-dealkylation sites (tertiary alicyclic amines) is 1. The maximum atomic E-state index is 9.00. The second-order valence-corrected chi connectivity index (χ2v) is 9.43. The third-order valence-electron chi connectivity index (χ3n) is 5.84. The Morgan fingerprint density at radius 3 is 2.61 bits per heavy atom. The number of carboxylic acid groups (broad SMARTS) is 1. The number of carboxylic acids is 1. The van der Waals surface area contributed by atoms with E-state index in [-0.39, 0.29) is 0 Å². The van der Waals surface area contributed by atoms with Crippen LogP contribution in [0.4, 0.5) is 5.69 Å². The molecule has 31 heavy (non-hydrogen) atoms. The van der Waals surface area contributed by atoms with E-state index in [0.29, 0.717) is 12.6 Å². The van der Waals surface area contributed by atoms with Gasteiger partial charge in [0.2, 0.25) is 0 Å². The van der Waals surface area contributed by atoms with E-state index in [0.717, 1.165) is 13.3 Å². The lowest BCUT2D eigenvalue weighted by Gasteiger charge is -2.34. The molecule has 0 spiro atoms. The molecule has 1 saturated heterocycles. The van der Waals surface area contributed by atoms with Crippen LogP contribution in [0, 0.1) is 0 Å². The van der Waals surface area contributed by atoms with Crippen molar-refractivity contribution >= 4 is 23.4 Å². The summed E-state index contributed by atoms with van der Waals surface area (Å²) in [4.78, 5) is 14.4. The zero-order chi connectivity index (χ0) is 22.2. The molecule has 6 heteroatoms. The van der Waals surface area contributed by atoms with Crippen molar-refractivity contribution in [2.75, 3.05) is 25.0 Å². The summed E-state index contributed by atoms with van der Waals surface area (Å²) < 4.78 is 0. The third-order valence-corrected chi connectivity index (χ3v) is 7.04. The fraction of sp³-hybridized carbons (Fsp3) is 0.480. The highest BCUT2D eigenvalue weighted by Crippen LogP contribution is 2.43. The Labute approximate surface area is 190 Å². The van der Waals surface area contributed by atoms with Crippen LogP contribution in [0.25, 0.3) is 0 Å². The molecule has 0 aliphatic carbocycles. The number of aliphatic carboxylic acids is 1. The van der Waals surface area contributed by atoms with Gasteiger partial charge >= 0.3 is 0 Å². The summed E-state index contributed by atoms with van der Waals surface area (Å²) in [5, 5.41) is 11.3. The summed E-state index contributed by atoms with van der Waals surface area (Å²) in [6, 6.07) is 13.9. The first kappa shape index (κ1) is 23.6. The molecule has 168 valence electrons. The Morgan fingerprint density at radius 1 is 1.23 bits per heavy atom. The van der Waals surface area contributed by atoms with Gasteiger partial charge in [0.05, 0.1) is 0 Å². The van der Waals surface area contributed by atoms with E-state index < -0.39 is 5.97 Å². The molecule has 2 heterocycles. The maximum absolute atomic E-state index is 9.00. The molecule has 0 aromatic heterocycles. The number of hydrogen-bond donors (Lipinski definition) is 3. The largest absolute Gasteiger partial charge is 0.481 e. The van der Waals surface area contributed by atoms with E-state index in [9.17, 15) is 0 Å². The standard InChI is InChI=1S/C23H31N3S.C2H4O2/c1-2-3-10-26-11-8-19(9-12-26)25-21-13-17(16-24)14-23-20(21)15-18-6-4-5-7-22(18)27-23;1-2(3)4/h4-7,13-14,19,25H,2-3,8-12,15-16,24H2,1H3;1H3,(H,3,4). The smallest absolute Gasteiger partial charge is 0.300 e. The molecule has 2 aliphatic rings. The number of benzene rings is 2. The maximum Gasteiger partial charge on any atom is 0.300 e. The Balaban J connectivity index is 0.000000628. The molecule has 0 bridgehead atoms. The van der Waals surface area contributed by atoms with Gasteiger partial charge in [0.15, 0.2) is 0 Å². The molecule has 0 unspecified atom stereocenters. The van der Waals surface area contributed by atoms with E-state index in [2.05, 4.69) is 53.5 Å². The van der Waals surface area contributed by atoms with E-state index in [4.69, 9.17) is 15.6 Å². The number of anilines is 1. The summed E-state index contributed by atoms with van der Waals surface area (Å²) in [5.41, 5.74) is 11.4. The SMILES string of the molecule is CC(=O)O.CCCCN1CCC(Nc2cc(CN)cc3c2Cc2ccccc2S3)CC1. The van der Waals surface area contributed by atoms with Gasteiger partial charge in [0.1, 0.15) is 0 Å². The van der Waals surface area contributed by atoms with Crippen molar-refractivity contribution in [1.29, 1.82) is 0 Å². The minimum absolute atomic E-state index is 0.571. The molecule has 2 aromatic rings. The van der Waals surface area contributed by atoms with Crippen molar-refractivity contribution in [2.24, 2.45) is 5.73 Å². The highest BCUT2D eigenvalue weighted by molar-refractivity contribution is 7.99. The Hall–Kier alpha value is -2.02. The molecule has 4 rings (SSSR count). The predicted octanol–water partition coefficient (Wildman–Crippen LogP) is 4.97. The molecule has 0 atom stereocenters. The summed E-state index contributed by atoms with van der Waals surface area (Å²) >= 11 is 1.89. The van der Waals surface area contributed by atoms with E-state index in [1.165, 1.54) is 77.5 Å². The minimum atomic E-state index is -0.833. The molecule has 0 amide bonds. The van der Waals surface area contributed by atoms with Crippen LogP contribution in [0.3, 0.4) is 0 Å². The number of rotatable bonds is 6. The molecule has 0 radical (unpaired) electrons. The van der Waals surface area contributed by atoms with Gasteiger partial charge in [-0.3, -0.25) is 4.79 Å². The first-order valence-electron chi connectivity index (χ1n) is 11.3. The van der Waals surface area contributed by atoms with Crippen LogP contribution in [-0.4, -0.2) is 41.7 Å². The van der Waals surface area contributed by atoms with Gasteiger partial charge < -0.3 is 21.1 Å². The number of nitrogens with zero attached hydrogens (tertiary/aromatic N) is 1. The van der Waals surface area contributed by atoms with Gasteiger partial charge in [-0.05, 0) is 60.7 Å². The molecule has 1 fully saturated rings. The van der Waals surface area contributed by atoms with Crippen LogP contribution in [0.1, 0.15) is 56.2 Å². The fourth-order valence-electron chi connectivity index (χ4n) is 4.18. The minimum Gasteiger partial charge on any atom is -0.481 e. The van der Waals surface area contributed by atoms with Gasteiger partial charge in [0.25, 0.3) is 5.97 Å². The molecular weight excluding hydrogens is 406 g/mol. The van der Waals surface area contributed by atoms with Crippen molar-refractivity contribution < 1.29 is 9.90 Å². The van der Waals surface area contributed by atoms with E-state index in [1.807, 2.05) is 11.8 Å². The molecule has 5 nitrogen and oxygen atoms in total. The van der Waals surface area contributed by atoms with Gasteiger partial charge in [-0.25, -0.2) is 0 Å². The monoisotopic (exact) mass is 441 g/mol. The summed E-state index contributed by atoms with van der Waals surface area (Å²) in [5.74, 6) is -0.833. The Morgan fingerprint density at radius 2 is 1.94 bits per heavy atom. The van der Waals surface area contributed by atoms with Crippen molar-refractivity contribution in [2.45, 2.75) is 68.3 Å². The van der Waals surface area contributed by atoms with Crippen molar-refractivity contribution in [3.63, 3.8) is 0 Å². The number of piperidine rings is 1. The summed E-state index contributed by atoms with van der Waals surface area (Å²) in [6.07, 6.45) is 6.08. The predicted molar refractivity (Wildman–Crippen MR) is 129 cm³/mol. The number of carbonyl (C=O) groups is 1. The molecule has 4 N–H and O–H groups in total. The first-order valence-corrected chi connectivity index (χ1v) is 12.1. The lowest BCUT2D eigenvalue weighted by Crippen LogP contribution is -2.39. The van der Waals surface area contributed by atoms with Crippen LogP contribution in [0.5, 0.6) is 0 Å². The van der Waals surface area contributed by atoms with E-state index in [1.54, 1.807) is 0 Å². The third kappa shape index (κ3) is 6.73. The van der Waals surface area contributed by atoms with Gasteiger partial charge in [-0.15, -0.1) is 0 Å². The highest BCUT2D eigenvalue weighted by atomic mass is 32.2. The number of hydrogen-bond acceptors (Lipinski definition) is 5. The first-order chi connectivity index (χ1) is 15.0. The van der Waals surface area contributed by atoms with Crippen LogP contribution in [0.15, 0.2) is 46.2 Å². The lowest BCUT2D eigenvalue weighted by atomic mass is 9.98. The normalized spacial score (nSPS) is 16.0.